The molecule has 0 spiro atoms. The van der Waals surface area contributed by atoms with Crippen molar-refractivity contribution in [3.05, 3.63) is 70.8 Å². The largest absolute Gasteiger partial charge is 0.351 e. The van der Waals surface area contributed by atoms with Crippen LogP contribution in [0.1, 0.15) is 81.6 Å². The second-order valence-electron chi connectivity index (χ2n) is 12.9. The van der Waals surface area contributed by atoms with Gasteiger partial charge in [-0.05, 0) is 81.2 Å². The Labute approximate surface area is 267 Å². The van der Waals surface area contributed by atoms with Crippen LogP contribution in [-0.4, -0.2) is 55.0 Å². The summed E-state index contributed by atoms with van der Waals surface area (Å²) in [7, 11) is 0. The predicted molar refractivity (Wildman–Crippen MR) is 177 cm³/mol. The molecule has 4 unspecified atom stereocenters. The number of nitrogens with one attached hydrogen (secondary N) is 5. The summed E-state index contributed by atoms with van der Waals surface area (Å²) in [6.07, 6.45) is 16.9. The minimum atomic E-state index is -0.802. The van der Waals surface area contributed by atoms with Gasteiger partial charge in [0, 0.05) is 41.7 Å². The molecule has 3 aliphatic rings. The maximum absolute atomic E-state index is 13.6. The van der Waals surface area contributed by atoms with Crippen LogP contribution < -0.4 is 26.6 Å². The van der Waals surface area contributed by atoms with Crippen LogP contribution in [0.5, 0.6) is 0 Å². The quantitative estimate of drug-likeness (QED) is 0.231. The van der Waals surface area contributed by atoms with E-state index in [1.807, 2.05) is 44.2 Å². The van der Waals surface area contributed by atoms with E-state index in [0.717, 1.165) is 57.3 Å². The average molecular weight is 624 g/mol. The van der Waals surface area contributed by atoms with Gasteiger partial charge in [-0.15, -0.1) is 0 Å². The van der Waals surface area contributed by atoms with Crippen LogP contribution in [0.25, 0.3) is 0 Å². The standard InChI is InChI=1S/C35H50ClN5O3/c1-23(2)19-32(35(44)40-31-13-7-6-12-30(31)27-9-4-5-10-28(36)20-27)41-33(42)24(3)39-34(43)26-16-14-25(15-17-26)21-38-29-11-8-18-37-22-29/h4-5,9-10,14-17,20,23-24,27,29-32,37-38H,6-8,11-13,18-19,21-22H2,1-3H3,(H,39,43)(H,40,44)(H,41,42)/t24?,27?,29?,30?,31-,32+/m1/s1. The van der Waals surface area contributed by atoms with Crippen LogP contribution in [-0.2, 0) is 16.1 Å². The first-order chi connectivity index (χ1) is 21.2. The second-order valence-corrected chi connectivity index (χ2v) is 13.4. The number of carbonyl (C=O) groups is 3. The number of carbonyl (C=O) groups excluding carboxylic acids is 3. The maximum Gasteiger partial charge on any atom is 0.251 e. The highest BCUT2D eigenvalue weighted by Gasteiger charge is 2.34. The normalized spacial score (nSPS) is 25.0. The zero-order chi connectivity index (χ0) is 31.5. The van der Waals surface area contributed by atoms with Crippen molar-refractivity contribution < 1.29 is 14.4 Å². The number of piperidine rings is 1. The highest BCUT2D eigenvalue weighted by Crippen LogP contribution is 2.34. The summed E-state index contributed by atoms with van der Waals surface area (Å²) in [5.74, 6) is -0.321. The predicted octanol–water partition coefficient (Wildman–Crippen LogP) is 4.72. The van der Waals surface area contributed by atoms with E-state index in [0.29, 0.717) is 23.1 Å². The fraction of sp³-hybridized carbons (Fsp3) is 0.571. The molecule has 1 aliphatic heterocycles. The molecule has 1 aromatic carbocycles. The van der Waals surface area contributed by atoms with Gasteiger partial charge in [-0.3, -0.25) is 14.4 Å². The summed E-state index contributed by atoms with van der Waals surface area (Å²) in [6.45, 7) is 8.51. The fourth-order valence-corrected chi connectivity index (χ4v) is 6.61. The maximum atomic E-state index is 13.6. The van der Waals surface area contributed by atoms with Crippen LogP contribution in [0.2, 0.25) is 0 Å². The van der Waals surface area contributed by atoms with Gasteiger partial charge in [0.05, 0.1) is 0 Å². The van der Waals surface area contributed by atoms with Crippen molar-refractivity contribution in [2.24, 2.45) is 17.8 Å². The Morgan fingerprint density at radius 1 is 0.955 bits per heavy atom. The van der Waals surface area contributed by atoms with Gasteiger partial charge in [-0.1, -0.05) is 74.7 Å². The molecule has 1 aromatic rings. The van der Waals surface area contributed by atoms with Crippen molar-refractivity contribution in [2.45, 2.75) is 96.4 Å². The summed E-state index contributed by atoms with van der Waals surface area (Å²) in [4.78, 5) is 39.8. The monoisotopic (exact) mass is 623 g/mol. The van der Waals surface area contributed by atoms with Gasteiger partial charge in [0.2, 0.25) is 11.8 Å². The molecular formula is C35H50ClN5O3. The molecule has 8 nitrogen and oxygen atoms in total. The molecule has 0 aromatic heterocycles. The Kier molecular flexibility index (Phi) is 13.1. The number of hydrogen-bond donors (Lipinski definition) is 5. The summed E-state index contributed by atoms with van der Waals surface area (Å²) in [6, 6.07) is 6.41. The third-order valence-electron chi connectivity index (χ3n) is 8.88. The number of amides is 3. The second kappa shape index (κ2) is 16.9. The third-order valence-corrected chi connectivity index (χ3v) is 9.13. The molecule has 4 rings (SSSR count). The third kappa shape index (κ3) is 10.3. The lowest BCUT2D eigenvalue weighted by molar-refractivity contribution is -0.130. The van der Waals surface area contributed by atoms with E-state index < -0.39 is 12.1 Å². The minimum absolute atomic E-state index is 0.00842. The molecule has 2 fully saturated rings. The van der Waals surface area contributed by atoms with E-state index in [-0.39, 0.29) is 41.5 Å². The lowest BCUT2D eigenvalue weighted by atomic mass is 9.76. The Morgan fingerprint density at radius 3 is 2.45 bits per heavy atom. The molecule has 6 atom stereocenters. The van der Waals surface area contributed by atoms with Crippen LogP contribution in [0, 0.1) is 17.8 Å². The molecule has 1 saturated heterocycles. The van der Waals surface area contributed by atoms with E-state index in [1.54, 1.807) is 19.1 Å². The highest BCUT2D eigenvalue weighted by atomic mass is 35.5. The zero-order valence-electron chi connectivity index (χ0n) is 26.4. The van der Waals surface area contributed by atoms with Crippen molar-refractivity contribution in [2.75, 3.05) is 13.1 Å². The Balaban J connectivity index is 1.31. The molecule has 0 radical (unpaired) electrons. The van der Waals surface area contributed by atoms with Crippen molar-refractivity contribution >= 4 is 29.3 Å². The minimum Gasteiger partial charge on any atom is -0.351 e. The lowest BCUT2D eigenvalue weighted by Gasteiger charge is -2.36. The molecule has 0 bridgehead atoms. The molecule has 3 amide bonds. The smallest absolute Gasteiger partial charge is 0.251 e. The number of halogens is 1. The average Bonchev–Trinajstić information content (AvgIpc) is 3.24. The van der Waals surface area contributed by atoms with Crippen molar-refractivity contribution in [3.63, 3.8) is 0 Å². The van der Waals surface area contributed by atoms with Crippen molar-refractivity contribution in [1.82, 2.24) is 26.6 Å². The van der Waals surface area contributed by atoms with E-state index >= 15 is 0 Å². The number of allylic oxidation sites excluding steroid dienone is 6. The molecule has 240 valence electrons. The van der Waals surface area contributed by atoms with Crippen LogP contribution in [0.15, 0.2) is 59.7 Å². The molecule has 2 aliphatic carbocycles. The topological polar surface area (TPSA) is 111 Å². The first kappa shape index (κ1) is 33.9. The molecule has 1 heterocycles. The molecule has 9 heteroatoms. The van der Waals surface area contributed by atoms with Gasteiger partial charge in [-0.25, -0.2) is 0 Å². The van der Waals surface area contributed by atoms with Gasteiger partial charge in [-0.2, -0.15) is 0 Å². The first-order valence-corrected chi connectivity index (χ1v) is 16.7. The van der Waals surface area contributed by atoms with E-state index in [1.165, 1.54) is 6.42 Å². The summed E-state index contributed by atoms with van der Waals surface area (Å²) in [5, 5.41) is 16.7. The van der Waals surface area contributed by atoms with Crippen molar-refractivity contribution in [1.29, 1.82) is 0 Å². The van der Waals surface area contributed by atoms with E-state index in [4.69, 9.17) is 11.6 Å². The number of rotatable bonds is 12. The van der Waals surface area contributed by atoms with Gasteiger partial charge in [0.1, 0.15) is 12.1 Å². The van der Waals surface area contributed by atoms with Crippen LogP contribution in [0.4, 0.5) is 0 Å². The van der Waals surface area contributed by atoms with E-state index in [2.05, 4.69) is 38.7 Å². The Hall–Kier alpha value is -2.94. The number of hydrogen-bond acceptors (Lipinski definition) is 5. The van der Waals surface area contributed by atoms with Crippen molar-refractivity contribution in [3.8, 4) is 0 Å². The summed E-state index contributed by atoms with van der Waals surface area (Å²) in [5.41, 5.74) is 1.59. The molecule has 5 N–H and O–H groups in total. The van der Waals surface area contributed by atoms with Crippen LogP contribution in [0.3, 0.4) is 0 Å². The van der Waals surface area contributed by atoms with Gasteiger partial charge < -0.3 is 26.6 Å². The van der Waals surface area contributed by atoms with Gasteiger partial charge in [0.15, 0.2) is 0 Å². The Morgan fingerprint density at radius 2 is 1.73 bits per heavy atom. The van der Waals surface area contributed by atoms with Gasteiger partial charge >= 0.3 is 0 Å². The fourth-order valence-electron chi connectivity index (χ4n) is 6.39. The number of benzene rings is 1. The summed E-state index contributed by atoms with van der Waals surface area (Å²) < 4.78 is 0. The lowest BCUT2D eigenvalue weighted by Crippen LogP contribution is -2.56. The zero-order valence-corrected chi connectivity index (χ0v) is 27.2. The molecule has 1 saturated carbocycles. The van der Waals surface area contributed by atoms with Crippen LogP contribution >= 0.6 is 11.6 Å². The SMILES string of the molecule is CC(C)C[C@H](NC(=O)C(C)NC(=O)c1ccc(CNC2CCCNC2)cc1)C(=O)N[C@@H]1CCCCC1C1C=CC=CC(Cl)=C1. The molecule has 44 heavy (non-hydrogen) atoms. The Bertz CT molecular complexity index is 1210. The summed E-state index contributed by atoms with van der Waals surface area (Å²) >= 11 is 6.37. The van der Waals surface area contributed by atoms with E-state index in [9.17, 15) is 14.4 Å². The highest BCUT2D eigenvalue weighted by molar-refractivity contribution is 6.31. The first-order valence-electron chi connectivity index (χ1n) is 16.4. The molecular weight excluding hydrogens is 574 g/mol. The van der Waals surface area contributed by atoms with Gasteiger partial charge in [0.25, 0.3) is 5.91 Å².